The monoisotopic (exact) mass is 248 g/mol. The molecule has 0 fully saturated rings. The van der Waals surface area contributed by atoms with Crippen LogP contribution in [0.1, 0.15) is 28.8 Å². The van der Waals surface area contributed by atoms with Gasteiger partial charge in [-0.05, 0) is 12.8 Å². The van der Waals surface area contributed by atoms with Gasteiger partial charge in [0.15, 0.2) is 5.78 Å². The Kier molecular flexibility index (Phi) is 5.24. The number of halogens is 2. The zero-order chi connectivity index (χ0) is 9.42. The predicted molar refractivity (Wildman–Crippen MR) is 48.8 cm³/mol. The lowest BCUT2D eigenvalue weighted by atomic mass is 9.88. The van der Waals surface area contributed by atoms with E-state index in [0.29, 0.717) is 6.42 Å². The molecule has 0 aliphatic heterocycles. The van der Waals surface area contributed by atoms with Crippen molar-refractivity contribution < 1.29 is 41.1 Å². The van der Waals surface area contributed by atoms with Crippen LogP contribution in [0.3, 0.4) is 0 Å². The Balaban J connectivity index is 0.000000980. The second kappa shape index (κ2) is 5.47. The molecule has 0 bridgehead atoms. The molecule has 1 aliphatic carbocycles. The third kappa shape index (κ3) is 2.49. The summed E-state index contributed by atoms with van der Waals surface area (Å²) in [5.41, 5.74) is 11.6. The number of ketones is 1. The van der Waals surface area contributed by atoms with E-state index >= 15 is 0 Å². The molecule has 1 aromatic rings. The predicted octanol–water partition coefficient (Wildman–Crippen LogP) is -6.04. The minimum atomic E-state index is 0. The molecule has 2 rings (SSSR count). The maximum Gasteiger partial charge on any atom is 0.169 e. The van der Waals surface area contributed by atoms with Gasteiger partial charge >= 0.3 is 0 Å². The van der Waals surface area contributed by atoms with Gasteiger partial charge in [0.05, 0.1) is 5.56 Å². The van der Waals surface area contributed by atoms with E-state index in [1.54, 1.807) is 0 Å². The summed E-state index contributed by atoms with van der Waals surface area (Å²) in [4.78, 5) is 11.6. The first kappa shape index (κ1) is 14.4. The lowest BCUT2D eigenvalue weighted by molar-refractivity contribution is -0.261. The standard InChI is InChI=1S/C10H12N2O.2ClH/c11-7-4-5-8(12)10-6(7)2-1-3-9(10)13;;/h4-5H,1-3,11-12H2;2*1H. The van der Waals surface area contributed by atoms with Crippen molar-refractivity contribution >= 4 is 17.2 Å². The fourth-order valence-corrected chi connectivity index (χ4v) is 1.92. The first-order valence-electron chi connectivity index (χ1n) is 4.53. The average molecular weight is 249 g/mol. The lowest BCUT2D eigenvalue weighted by Crippen LogP contribution is -3.00. The van der Waals surface area contributed by atoms with Gasteiger partial charge in [-0.1, -0.05) is 0 Å². The maximum atomic E-state index is 11.6. The summed E-state index contributed by atoms with van der Waals surface area (Å²) in [7, 11) is 0. The van der Waals surface area contributed by atoms with Gasteiger partial charge in [-0.15, -0.1) is 0 Å². The summed E-state index contributed by atoms with van der Waals surface area (Å²) in [5.74, 6) is 0.233. The van der Waals surface area contributed by atoms with Crippen LogP contribution < -0.4 is 36.3 Å². The molecule has 0 spiro atoms. The molecule has 0 unspecified atom stereocenters. The highest BCUT2D eigenvalue weighted by Gasteiger charge is 2.24. The van der Waals surface area contributed by atoms with Crippen LogP contribution in [-0.4, -0.2) is 5.78 Å². The number of fused-ring (bicyclic) bond motifs is 1. The number of quaternary nitrogens is 2. The Morgan fingerprint density at radius 3 is 2.20 bits per heavy atom. The molecule has 0 amide bonds. The van der Waals surface area contributed by atoms with E-state index in [1.807, 2.05) is 12.1 Å². The third-order valence-corrected chi connectivity index (χ3v) is 2.61. The first-order chi connectivity index (χ1) is 6.20. The van der Waals surface area contributed by atoms with E-state index in [0.717, 1.165) is 35.3 Å². The van der Waals surface area contributed by atoms with Crippen LogP contribution in [-0.2, 0) is 6.42 Å². The van der Waals surface area contributed by atoms with Crippen molar-refractivity contribution in [1.29, 1.82) is 0 Å². The van der Waals surface area contributed by atoms with E-state index < -0.39 is 0 Å². The number of hydrogen-bond acceptors (Lipinski definition) is 1. The smallest absolute Gasteiger partial charge is 0.169 e. The van der Waals surface area contributed by atoms with Crippen molar-refractivity contribution in [1.82, 2.24) is 0 Å². The molecule has 0 saturated heterocycles. The van der Waals surface area contributed by atoms with Gasteiger partial charge in [-0.25, -0.2) is 0 Å². The van der Waals surface area contributed by atoms with Gasteiger partial charge in [-0.3, -0.25) is 4.79 Å². The number of carbonyl (C=O) groups excluding carboxylic acids is 1. The molecule has 0 heterocycles. The maximum absolute atomic E-state index is 11.6. The van der Waals surface area contributed by atoms with Gasteiger partial charge in [0.2, 0.25) is 0 Å². The Labute approximate surface area is 101 Å². The van der Waals surface area contributed by atoms with Crippen LogP contribution in [0.4, 0.5) is 11.4 Å². The summed E-state index contributed by atoms with van der Waals surface area (Å²) < 4.78 is 0. The zero-order valence-electron chi connectivity index (χ0n) is 8.35. The minimum absolute atomic E-state index is 0. The van der Waals surface area contributed by atoms with Crippen molar-refractivity contribution in [3.63, 3.8) is 0 Å². The Morgan fingerprint density at radius 1 is 1.00 bits per heavy atom. The molecule has 15 heavy (non-hydrogen) atoms. The van der Waals surface area contributed by atoms with Crippen LogP contribution in [0.25, 0.3) is 0 Å². The van der Waals surface area contributed by atoms with Crippen molar-refractivity contribution in [2.45, 2.75) is 19.3 Å². The van der Waals surface area contributed by atoms with Crippen LogP contribution in [0.5, 0.6) is 0 Å². The Morgan fingerprint density at radius 2 is 1.60 bits per heavy atom. The molecular weight excluding hydrogens is 235 g/mol. The van der Waals surface area contributed by atoms with Crippen molar-refractivity contribution in [3.05, 3.63) is 23.3 Å². The van der Waals surface area contributed by atoms with Gasteiger partial charge in [-0.2, -0.15) is 0 Å². The highest BCUT2D eigenvalue weighted by atomic mass is 35.5. The van der Waals surface area contributed by atoms with E-state index in [4.69, 9.17) is 0 Å². The van der Waals surface area contributed by atoms with Crippen molar-refractivity contribution in [3.8, 4) is 0 Å². The minimum Gasteiger partial charge on any atom is -1.00 e. The molecule has 6 N–H and O–H groups in total. The molecule has 1 aliphatic rings. The number of benzene rings is 1. The van der Waals surface area contributed by atoms with E-state index in [9.17, 15) is 4.79 Å². The van der Waals surface area contributed by atoms with E-state index in [2.05, 4.69) is 11.5 Å². The fourth-order valence-electron chi connectivity index (χ4n) is 1.92. The SMILES string of the molecule is [Cl-].[Cl-].[NH3+]c1ccc([NH3+])c2c1CCCC2=O. The molecule has 0 aromatic heterocycles. The summed E-state index contributed by atoms with van der Waals surface area (Å²) >= 11 is 0. The second-order valence-electron chi connectivity index (χ2n) is 3.51. The topological polar surface area (TPSA) is 72.3 Å². The summed E-state index contributed by atoms with van der Waals surface area (Å²) in [6.45, 7) is 0. The Bertz CT molecular complexity index is 380. The van der Waals surface area contributed by atoms with Crippen LogP contribution >= 0.6 is 0 Å². The number of hydrogen-bond donors (Lipinski definition) is 2. The Hall–Kier alpha value is -0.610. The summed E-state index contributed by atoms with van der Waals surface area (Å²) in [6.07, 6.45) is 2.60. The highest BCUT2D eigenvalue weighted by Crippen LogP contribution is 2.28. The number of carbonyl (C=O) groups is 1. The molecule has 0 saturated carbocycles. The normalized spacial score (nSPS) is 13.6. The molecular formula is C10H14Cl2N2O. The summed E-state index contributed by atoms with van der Waals surface area (Å²) in [5, 5.41) is 0. The molecule has 0 radical (unpaired) electrons. The van der Waals surface area contributed by atoms with Crippen LogP contribution in [0.15, 0.2) is 12.1 Å². The lowest BCUT2D eigenvalue weighted by Gasteiger charge is -2.14. The number of rotatable bonds is 0. The third-order valence-electron chi connectivity index (χ3n) is 2.61. The van der Waals surface area contributed by atoms with Crippen molar-refractivity contribution in [2.24, 2.45) is 0 Å². The van der Waals surface area contributed by atoms with Crippen LogP contribution in [0.2, 0.25) is 0 Å². The first-order valence-corrected chi connectivity index (χ1v) is 4.53. The van der Waals surface area contributed by atoms with Gasteiger partial charge < -0.3 is 36.3 Å². The highest BCUT2D eigenvalue weighted by molar-refractivity contribution is 6.02. The number of Topliss-reactive ketones (excluding diaryl/α,β-unsaturated/α-hetero) is 1. The molecule has 5 heteroatoms. The molecule has 0 atom stereocenters. The quantitative estimate of drug-likeness (QED) is 0.472. The van der Waals surface area contributed by atoms with Crippen LogP contribution in [0, 0.1) is 0 Å². The van der Waals surface area contributed by atoms with Gasteiger partial charge in [0, 0.05) is 24.1 Å². The van der Waals surface area contributed by atoms with Gasteiger partial charge in [0.1, 0.15) is 11.4 Å². The zero-order valence-corrected chi connectivity index (χ0v) is 9.87. The average Bonchev–Trinajstić information content (AvgIpc) is 2.12. The molecule has 1 aromatic carbocycles. The van der Waals surface area contributed by atoms with Crippen molar-refractivity contribution in [2.75, 3.05) is 0 Å². The van der Waals surface area contributed by atoms with E-state index in [-0.39, 0.29) is 30.6 Å². The fraction of sp³-hybridized carbons (Fsp3) is 0.300. The van der Waals surface area contributed by atoms with Gasteiger partial charge in [0.25, 0.3) is 0 Å². The largest absolute Gasteiger partial charge is 1.00 e. The van der Waals surface area contributed by atoms with E-state index in [1.165, 1.54) is 0 Å². The molecule has 3 nitrogen and oxygen atoms in total. The second-order valence-corrected chi connectivity index (χ2v) is 3.51. The molecule has 84 valence electrons. The summed E-state index contributed by atoms with van der Waals surface area (Å²) in [6, 6.07) is 3.82.